The first kappa shape index (κ1) is 25.3. The van der Waals surface area contributed by atoms with E-state index in [1.165, 1.54) is 16.9 Å². The molecule has 0 bridgehead atoms. The molecule has 4 aromatic rings. The van der Waals surface area contributed by atoms with E-state index in [1.807, 2.05) is 42.5 Å². The van der Waals surface area contributed by atoms with Crippen molar-refractivity contribution in [3.63, 3.8) is 0 Å². The van der Waals surface area contributed by atoms with E-state index in [4.69, 9.17) is 15.0 Å². The van der Waals surface area contributed by atoms with E-state index in [0.717, 1.165) is 53.7 Å². The van der Waals surface area contributed by atoms with Gasteiger partial charge in [0.25, 0.3) is 0 Å². The second-order valence-corrected chi connectivity index (χ2v) is 13.1. The Morgan fingerprint density at radius 3 is 2.55 bits per heavy atom. The first-order valence-corrected chi connectivity index (χ1v) is 15.5. The molecule has 0 radical (unpaired) electrons. The van der Waals surface area contributed by atoms with Gasteiger partial charge in [0.05, 0.1) is 33.5 Å². The van der Waals surface area contributed by atoms with Crippen LogP contribution in [-0.2, 0) is 6.42 Å². The Morgan fingerprint density at radius 1 is 0.974 bits per heavy atom. The fourth-order valence-corrected chi connectivity index (χ4v) is 7.63. The molecule has 1 saturated heterocycles. The average Bonchev–Trinajstić information content (AvgIpc) is 3.46. The number of thiazole rings is 1. The molecule has 2 aromatic carbocycles. The molecule has 2 aliphatic rings. The second-order valence-electron chi connectivity index (χ2n) is 9.97. The van der Waals surface area contributed by atoms with Crippen molar-refractivity contribution in [2.24, 2.45) is 0 Å². The Labute approximate surface area is 227 Å². The van der Waals surface area contributed by atoms with Crippen LogP contribution in [0.1, 0.15) is 43.4 Å². The average molecular weight is 553 g/mol. The molecule has 5 N–H and O–H groups in total. The Kier molecular flexibility index (Phi) is 7.10. The van der Waals surface area contributed by atoms with Gasteiger partial charge >= 0.3 is 0 Å². The molecule has 0 spiro atoms. The molecule has 6 rings (SSSR count). The number of aliphatic hydroxyl groups excluding tert-OH is 1. The van der Waals surface area contributed by atoms with E-state index in [0.29, 0.717) is 35.6 Å². The van der Waals surface area contributed by atoms with Gasteiger partial charge in [-0.1, -0.05) is 41.7 Å². The molecule has 1 aliphatic carbocycles. The monoisotopic (exact) mass is 552 g/mol. The maximum Gasteiger partial charge on any atom is 0.225 e. The molecule has 0 amide bonds. The van der Waals surface area contributed by atoms with Crippen molar-refractivity contribution in [3.8, 4) is 0 Å². The molecule has 11 heteroatoms. The van der Waals surface area contributed by atoms with Crippen LogP contribution in [0.15, 0.2) is 54.6 Å². The van der Waals surface area contributed by atoms with Crippen LogP contribution in [0.5, 0.6) is 0 Å². The van der Waals surface area contributed by atoms with E-state index >= 15 is 0 Å². The van der Waals surface area contributed by atoms with Crippen molar-refractivity contribution in [3.05, 3.63) is 65.9 Å². The lowest BCUT2D eigenvalue weighted by atomic mass is 9.93. The summed E-state index contributed by atoms with van der Waals surface area (Å²) in [6.45, 7) is 0.638. The molecule has 2 fully saturated rings. The zero-order valence-corrected chi connectivity index (χ0v) is 22.6. The van der Waals surface area contributed by atoms with Crippen molar-refractivity contribution < 1.29 is 14.2 Å². The third kappa shape index (κ3) is 5.71. The summed E-state index contributed by atoms with van der Waals surface area (Å²) in [7, 11) is -2.74. The zero-order valence-electron chi connectivity index (χ0n) is 21.0. The highest BCUT2D eigenvalue weighted by atomic mass is 32.3. The van der Waals surface area contributed by atoms with E-state index in [2.05, 4.69) is 22.8 Å². The third-order valence-corrected chi connectivity index (χ3v) is 9.93. The number of nitrogens with zero attached hydrogens (tertiary/aromatic N) is 4. The molecule has 2 aromatic heterocycles. The number of aromatic nitrogens is 3. The first-order valence-electron chi connectivity index (χ1n) is 13.0. The Bertz CT molecular complexity index is 1410. The predicted octanol–water partition coefficient (Wildman–Crippen LogP) is 6.01. The lowest BCUT2D eigenvalue weighted by Gasteiger charge is -2.38. The van der Waals surface area contributed by atoms with Crippen molar-refractivity contribution in [2.75, 3.05) is 27.2 Å². The highest BCUT2D eigenvalue weighted by Crippen LogP contribution is 2.51. The number of fused-ring (bicyclic) bond motifs is 1. The van der Waals surface area contributed by atoms with E-state index in [-0.39, 0.29) is 12.1 Å². The summed E-state index contributed by atoms with van der Waals surface area (Å²) in [5, 5.41) is 17.4. The van der Waals surface area contributed by atoms with Crippen molar-refractivity contribution in [2.45, 2.75) is 50.7 Å². The Morgan fingerprint density at radius 2 is 1.79 bits per heavy atom. The van der Waals surface area contributed by atoms with Gasteiger partial charge in [0.1, 0.15) is 5.82 Å². The number of hydrogen-bond donors (Lipinski definition) is 5. The first-order chi connectivity index (χ1) is 18.4. The molecule has 0 unspecified atom stereocenters. The lowest BCUT2D eigenvalue weighted by Crippen LogP contribution is -2.29. The molecule has 1 aliphatic heterocycles. The van der Waals surface area contributed by atoms with Gasteiger partial charge in [-0.2, -0.15) is 4.98 Å². The summed E-state index contributed by atoms with van der Waals surface area (Å²) in [4.78, 5) is 14.3. The van der Waals surface area contributed by atoms with Crippen LogP contribution in [0, 0.1) is 0 Å². The maximum absolute atomic E-state index is 10.4. The van der Waals surface area contributed by atoms with Gasteiger partial charge in [-0.15, -0.1) is 10.8 Å². The fraction of sp³-hybridized carbons (Fsp3) is 0.370. The van der Waals surface area contributed by atoms with Crippen LogP contribution >= 0.6 is 22.1 Å². The summed E-state index contributed by atoms with van der Waals surface area (Å²) < 4.78 is 23.4. The van der Waals surface area contributed by atoms with Crippen LogP contribution in [0.3, 0.4) is 0 Å². The van der Waals surface area contributed by atoms with Crippen molar-refractivity contribution in [1.29, 1.82) is 0 Å². The molecular weight excluding hydrogens is 520 g/mol. The smallest absolute Gasteiger partial charge is 0.225 e. The zero-order chi connectivity index (χ0) is 26.1. The Balaban J connectivity index is 1.26. The van der Waals surface area contributed by atoms with E-state index in [1.54, 1.807) is 4.31 Å². The molecule has 3 heterocycles. The lowest BCUT2D eigenvalue weighted by molar-refractivity contribution is 0.126. The van der Waals surface area contributed by atoms with Gasteiger partial charge < -0.3 is 15.7 Å². The minimum atomic E-state index is -2.74. The number of nitrogens with one attached hydrogen (secondary N) is 2. The summed E-state index contributed by atoms with van der Waals surface area (Å²) in [6.07, 6.45) is 4.58. The summed E-state index contributed by atoms with van der Waals surface area (Å²) in [5.74, 6) is 1.65. The van der Waals surface area contributed by atoms with Crippen LogP contribution in [0.25, 0.3) is 10.2 Å². The molecule has 200 valence electrons. The van der Waals surface area contributed by atoms with Gasteiger partial charge in [-0.25, -0.2) is 9.97 Å². The van der Waals surface area contributed by atoms with Gasteiger partial charge in [0.15, 0.2) is 5.13 Å². The normalized spacial score (nSPS) is 21.9. The largest absolute Gasteiger partial charge is 0.393 e. The molecular formula is C27H32N6O3S2. The molecule has 0 atom stereocenters. The number of rotatable bonds is 7. The van der Waals surface area contributed by atoms with Gasteiger partial charge in [0.2, 0.25) is 5.95 Å². The van der Waals surface area contributed by atoms with E-state index < -0.39 is 10.8 Å². The van der Waals surface area contributed by atoms with Crippen molar-refractivity contribution in [1.82, 2.24) is 15.0 Å². The molecule has 38 heavy (non-hydrogen) atoms. The Hall–Kier alpha value is -2.96. The SMILES string of the molecule is OC1CCC(Nc2nc(Cc3ccccc3)cc(Nc3nc4ccc(N5CCCS5(O)O)cc4s3)n2)CC1. The highest BCUT2D eigenvalue weighted by molar-refractivity contribution is 8.25. The molecule has 9 nitrogen and oxygen atoms in total. The van der Waals surface area contributed by atoms with Crippen LogP contribution in [0.4, 0.5) is 22.6 Å². The summed E-state index contributed by atoms with van der Waals surface area (Å²) in [5.41, 5.74) is 3.72. The van der Waals surface area contributed by atoms with Crippen LogP contribution < -0.4 is 14.9 Å². The number of benzene rings is 2. The third-order valence-electron chi connectivity index (χ3n) is 7.06. The minimum Gasteiger partial charge on any atom is -0.393 e. The van der Waals surface area contributed by atoms with Crippen molar-refractivity contribution >= 4 is 54.9 Å². The quantitative estimate of drug-likeness (QED) is 0.187. The summed E-state index contributed by atoms with van der Waals surface area (Å²) in [6, 6.07) is 18.2. The predicted molar refractivity (Wildman–Crippen MR) is 156 cm³/mol. The van der Waals surface area contributed by atoms with Gasteiger partial charge in [-0.3, -0.25) is 13.4 Å². The standard InChI is InChI=1S/C27H32N6O3S2/c34-22-10-7-19(8-11-22)28-26-29-20(15-18-5-2-1-3-6-18)16-25(31-26)32-27-30-23-12-9-21(17-24(23)37-27)33-13-4-14-38(33,35)36/h1-3,5-6,9,12,16-17,19,22,34-36H,4,7-8,10-11,13-15H2,(H2,28,29,30,31,32). The number of aliphatic hydroxyl groups is 1. The topological polar surface area (TPSA) is 127 Å². The van der Waals surface area contributed by atoms with E-state index in [9.17, 15) is 14.2 Å². The number of hydrogen-bond acceptors (Lipinski definition) is 10. The summed E-state index contributed by atoms with van der Waals surface area (Å²) >= 11 is 1.51. The number of anilines is 4. The van der Waals surface area contributed by atoms with Crippen LogP contribution in [-0.4, -0.2) is 53.6 Å². The second kappa shape index (κ2) is 10.7. The maximum atomic E-state index is 10.4. The van der Waals surface area contributed by atoms with Gasteiger partial charge in [-0.05, 0) is 55.9 Å². The minimum absolute atomic E-state index is 0.215. The fourth-order valence-electron chi connectivity index (χ4n) is 5.11. The van der Waals surface area contributed by atoms with Gasteiger partial charge in [0, 0.05) is 25.1 Å². The molecule has 1 saturated carbocycles. The van der Waals surface area contributed by atoms with Crippen LogP contribution in [0.2, 0.25) is 0 Å². The highest BCUT2D eigenvalue weighted by Gasteiger charge is 2.29.